The Morgan fingerprint density at radius 3 is 2.60 bits per heavy atom. The van der Waals surface area contributed by atoms with Gasteiger partial charge >= 0.3 is 0 Å². The normalized spacial score (nSPS) is 25.5. The molecule has 0 aromatic heterocycles. The lowest BCUT2D eigenvalue weighted by Gasteiger charge is -2.18. The van der Waals surface area contributed by atoms with Gasteiger partial charge in [0.25, 0.3) is 0 Å². The molecule has 3 N–H and O–H groups in total. The highest BCUT2D eigenvalue weighted by Gasteiger charge is 2.23. The average molecular weight is 212 g/mol. The van der Waals surface area contributed by atoms with Crippen LogP contribution in [0.25, 0.3) is 0 Å². The number of nitrogens with one attached hydrogen (secondary N) is 1. The molecule has 1 aromatic rings. The predicted molar refractivity (Wildman–Crippen MR) is 55.6 cm³/mol. The van der Waals surface area contributed by atoms with Crippen LogP contribution in [0, 0.1) is 11.6 Å². The molecule has 82 valence electrons. The molecule has 2 atom stereocenters. The van der Waals surface area contributed by atoms with Crippen molar-refractivity contribution in [3.8, 4) is 0 Å². The first-order valence-electron chi connectivity index (χ1n) is 5.14. The molecule has 0 saturated heterocycles. The summed E-state index contributed by atoms with van der Waals surface area (Å²) >= 11 is 0. The van der Waals surface area contributed by atoms with Crippen LogP contribution in [0.15, 0.2) is 18.2 Å². The molecule has 0 unspecified atom stereocenters. The molecule has 0 bridgehead atoms. The lowest BCUT2D eigenvalue weighted by Crippen LogP contribution is -2.35. The molecule has 1 aromatic carbocycles. The van der Waals surface area contributed by atoms with E-state index in [1.54, 1.807) is 0 Å². The topological polar surface area (TPSA) is 38.0 Å². The number of halogens is 2. The minimum Gasteiger partial charge on any atom is -0.381 e. The van der Waals surface area contributed by atoms with Gasteiger partial charge in [-0.3, -0.25) is 0 Å². The quantitative estimate of drug-likeness (QED) is 0.789. The molecular formula is C11H14F2N2. The Kier molecular flexibility index (Phi) is 2.86. The van der Waals surface area contributed by atoms with E-state index in [1.165, 1.54) is 12.1 Å². The third-order valence-corrected chi connectivity index (χ3v) is 2.84. The molecule has 2 rings (SSSR count). The first-order valence-corrected chi connectivity index (χ1v) is 5.14. The lowest BCUT2D eigenvalue weighted by atomic mass is 10.1. The van der Waals surface area contributed by atoms with Crippen LogP contribution in [0.4, 0.5) is 14.5 Å². The fourth-order valence-electron chi connectivity index (χ4n) is 1.97. The van der Waals surface area contributed by atoms with Crippen LogP contribution >= 0.6 is 0 Å². The van der Waals surface area contributed by atoms with Crippen molar-refractivity contribution in [3.05, 3.63) is 29.8 Å². The van der Waals surface area contributed by atoms with E-state index in [9.17, 15) is 8.78 Å². The van der Waals surface area contributed by atoms with Gasteiger partial charge in [0.2, 0.25) is 0 Å². The number of hydrogen-bond donors (Lipinski definition) is 2. The van der Waals surface area contributed by atoms with Crippen LogP contribution in [-0.4, -0.2) is 12.1 Å². The van der Waals surface area contributed by atoms with E-state index in [1.807, 2.05) is 0 Å². The second-order valence-electron chi connectivity index (χ2n) is 3.97. The van der Waals surface area contributed by atoms with Crippen LogP contribution in [0.3, 0.4) is 0 Å². The highest BCUT2D eigenvalue weighted by molar-refractivity contribution is 5.45. The fourth-order valence-corrected chi connectivity index (χ4v) is 1.97. The van der Waals surface area contributed by atoms with E-state index >= 15 is 0 Å². The Morgan fingerprint density at radius 2 is 2.00 bits per heavy atom. The maximum atomic E-state index is 12.9. The molecule has 0 amide bonds. The highest BCUT2D eigenvalue weighted by atomic mass is 19.2. The first-order chi connectivity index (χ1) is 7.16. The minimum absolute atomic E-state index is 0.109. The summed E-state index contributed by atoms with van der Waals surface area (Å²) in [6, 6.07) is 4.11. The van der Waals surface area contributed by atoms with Crippen molar-refractivity contribution in [2.24, 2.45) is 5.73 Å². The molecule has 0 spiro atoms. The maximum absolute atomic E-state index is 12.9. The molecule has 1 aliphatic rings. The third kappa shape index (κ3) is 2.26. The van der Waals surface area contributed by atoms with E-state index in [2.05, 4.69) is 5.32 Å². The smallest absolute Gasteiger partial charge is 0.160 e. The zero-order chi connectivity index (χ0) is 10.8. The Balaban J connectivity index is 2.07. The zero-order valence-corrected chi connectivity index (χ0v) is 8.34. The predicted octanol–water partition coefficient (Wildman–Crippen LogP) is 2.26. The second kappa shape index (κ2) is 4.14. The summed E-state index contributed by atoms with van der Waals surface area (Å²) in [5.74, 6) is -1.65. The van der Waals surface area contributed by atoms with Crippen LogP contribution in [-0.2, 0) is 0 Å². The van der Waals surface area contributed by atoms with Gasteiger partial charge in [0.15, 0.2) is 11.6 Å². The van der Waals surface area contributed by atoms with Crippen LogP contribution in [0.1, 0.15) is 19.3 Å². The number of nitrogens with two attached hydrogens (primary N) is 1. The van der Waals surface area contributed by atoms with Crippen molar-refractivity contribution in [2.75, 3.05) is 5.32 Å². The summed E-state index contributed by atoms with van der Waals surface area (Å²) in [6.07, 6.45) is 3.06. The van der Waals surface area contributed by atoms with Crippen molar-refractivity contribution < 1.29 is 8.78 Å². The minimum atomic E-state index is -0.827. The molecule has 0 heterocycles. The molecule has 1 saturated carbocycles. The molecule has 4 heteroatoms. The van der Waals surface area contributed by atoms with Gasteiger partial charge in [-0.1, -0.05) is 0 Å². The van der Waals surface area contributed by atoms with Gasteiger partial charge in [-0.15, -0.1) is 0 Å². The van der Waals surface area contributed by atoms with Gasteiger partial charge in [-0.25, -0.2) is 8.78 Å². The van der Waals surface area contributed by atoms with Gasteiger partial charge in [0, 0.05) is 23.8 Å². The van der Waals surface area contributed by atoms with Crippen molar-refractivity contribution in [1.29, 1.82) is 0 Å². The second-order valence-corrected chi connectivity index (χ2v) is 3.97. The zero-order valence-electron chi connectivity index (χ0n) is 8.34. The summed E-state index contributed by atoms with van der Waals surface area (Å²) in [6.45, 7) is 0. The molecule has 15 heavy (non-hydrogen) atoms. The Morgan fingerprint density at radius 1 is 1.20 bits per heavy atom. The molecule has 2 nitrogen and oxygen atoms in total. The number of hydrogen-bond acceptors (Lipinski definition) is 2. The fraction of sp³-hybridized carbons (Fsp3) is 0.455. The van der Waals surface area contributed by atoms with Crippen LogP contribution in [0.2, 0.25) is 0 Å². The van der Waals surface area contributed by atoms with E-state index in [0.29, 0.717) is 5.69 Å². The number of benzene rings is 1. The van der Waals surface area contributed by atoms with Gasteiger partial charge in [0.1, 0.15) is 0 Å². The summed E-state index contributed by atoms with van der Waals surface area (Å²) in [5, 5.41) is 3.13. The van der Waals surface area contributed by atoms with E-state index in [0.717, 1.165) is 25.3 Å². The Hall–Kier alpha value is -1.16. The average Bonchev–Trinajstić information content (AvgIpc) is 2.59. The van der Waals surface area contributed by atoms with Crippen molar-refractivity contribution in [3.63, 3.8) is 0 Å². The summed E-state index contributed by atoms with van der Waals surface area (Å²) in [4.78, 5) is 0. The molecule has 0 aliphatic heterocycles. The Bertz CT molecular complexity index is 354. The van der Waals surface area contributed by atoms with Crippen LogP contribution < -0.4 is 11.1 Å². The molecular weight excluding hydrogens is 198 g/mol. The summed E-state index contributed by atoms with van der Waals surface area (Å²) < 4.78 is 25.6. The number of anilines is 1. The maximum Gasteiger partial charge on any atom is 0.160 e. The largest absolute Gasteiger partial charge is 0.381 e. The molecule has 1 fully saturated rings. The van der Waals surface area contributed by atoms with E-state index < -0.39 is 11.6 Å². The van der Waals surface area contributed by atoms with E-state index in [4.69, 9.17) is 5.73 Å². The van der Waals surface area contributed by atoms with Crippen molar-refractivity contribution in [1.82, 2.24) is 0 Å². The van der Waals surface area contributed by atoms with Crippen molar-refractivity contribution >= 4 is 5.69 Å². The standard InChI is InChI=1S/C11H14F2N2/c12-8-5-4-7(6-9(8)13)15-11-3-1-2-10(11)14/h4-6,10-11,15H,1-3,14H2/t10-,11+/m1/s1. The van der Waals surface area contributed by atoms with Gasteiger partial charge in [0.05, 0.1) is 0 Å². The third-order valence-electron chi connectivity index (χ3n) is 2.84. The lowest BCUT2D eigenvalue weighted by molar-refractivity contribution is 0.508. The van der Waals surface area contributed by atoms with Crippen molar-refractivity contribution in [2.45, 2.75) is 31.3 Å². The van der Waals surface area contributed by atoms with Crippen LogP contribution in [0.5, 0.6) is 0 Å². The molecule has 0 radical (unpaired) electrons. The Labute approximate surface area is 87.5 Å². The summed E-state index contributed by atoms with van der Waals surface area (Å²) in [7, 11) is 0. The summed E-state index contributed by atoms with van der Waals surface area (Å²) in [5.41, 5.74) is 6.46. The highest BCUT2D eigenvalue weighted by Crippen LogP contribution is 2.22. The number of rotatable bonds is 2. The SMILES string of the molecule is N[C@@H]1CCC[C@@H]1Nc1ccc(F)c(F)c1. The first kappa shape index (κ1) is 10.4. The van der Waals surface area contributed by atoms with Gasteiger partial charge < -0.3 is 11.1 Å². The van der Waals surface area contributed by atoms with Gasteiger partial charge in [-0.2, -0.15) is 0 Å². The molecule has 1 aliphatic carbocycles. The van der Waals surface area contributed by atoms with E-state index in [-0.39, 0.29) is 12.1 Å². The monoisotopic (exact) mass is 212 g/mol. The van der Waals surface area contributed by atoms with Gasteiger partial charge in [-0.05, 0) is 31.4 Å².